The third kappa shape index (κ3) is 3.49. The first-order valence-corrected chi connectivity index (χ1v) is 6.47. The third-order valence-corrected chi connectivity index (χ3v) is 3.05. The number of halogens is 1. The Hall–Kier alpha value is -0.570. The van der Waals surface area contributed by atoms with Crippen LogP contribution >= 0.6 is 15.9 Å². The van der Waals surface area contributed by atoms with Crippen molar-refractivity contribution in [1.82, 2.24) is 9.78 Å². The van der Waals surface area contributed by atoms with Crippen molar-refractivity contribution < 1.29 is 0 Å². The molecule has 84 valence electrons. The Kier molecular flexibility index (Phi) is 4.58. The maximum Gasteiger partial charge on any atom is 0.0562 e. The zero-order valence-corrected chi connectivity index (χ0v) is 11.5. The van der Waals surface area contributed by atoms with Crippen LogP contribution in [0.4, 0.5) is 0 Å². The molecule has 15 heavy (non-hydrogen) atoms. The van der Waals surface area contributed by atoms with E-state index in [-0.39, 0.29) is 0 Å². The molecule has 0 bridgehead atoms. The molecule has 0 amide bonds. The van der Waals surface area contributed by atoms with Crippen LogP contribution in [-0.2, 0) is 0 Å². The number of nitrogens with zero attached hydrogens (tertiary/aromatic N) is 2. The van der Waals surface area contributed by atoms with Crippen LogP contribution in [-0.4, -0.2) is 15.1 Å². The predicted octanol–water partition coefficient (Wildman–Crippen LogP) is 3.90. The van der Waals surface area contributed by atoms with Gasteiger partial charge in [-0.05, 0) is 19.8 Å². The zero-order chi connectivity index (χ0) is 11.4. The Bertz CT molecular complexity index is 337. The maximum absolute atomic E-state index is 4.32. The van der Waals surface area contributed by atoms with Crippen LogP contribution in [0.3, 0.4) is 0 Å². The number of hydrogen-bond acceptors (Lipinski definition) is 1. The van der Waals surface area contributed by atoms with Gasteiger partial charge < -0.3 is 0 Å². The molecule has 0 aliphatic rings. The van der Waals surface area contributed by atoms with Crippen LogP contribution in [0.5, 0.6) is 0 Å². The Morgan fingerprint density at radius 1 is 1.47 bits per heavy atom. The fourth-order valence-corrected chi connectivity index (χ4v) is 2.09. The molecule has 0 aliphatic carbocycles. The lowest BCUT2D eigenvalue weighted by molar-refractivity contribution is 0.532. The summed E-state index contributed by atoms with van der Waals surface area (Å²) in [6.45, 7) is 8.68. The first-order chi connectivity index (χ1) is 7.04. The molecule has 1 rings (SSSR count). The van der Waals surface area contributed by atoms with Gasteiger partial charge in [-0.3, -0.25) is 4.68 Å². The summed E-state index contributed by atoms with van der Waals surface area (Å²) >= 11 is 3.51. The lowest BCUT2D eigenvalue weighted by Crippen LogP contribution is -1.99. The van der Waals surface area contributed by atoms with Crippen LogP contribution in [0.2, 0.25) is 0 Å². The minimum Gasteiger partial charge on any atom is -0.270 e. The van der Waals surface area contributed by atoms with Crippen molar-refractivity contribution in [3.63, 3.8) is 0 Å². The fraction of sp³-hybridized carbons (Fsp3) is 0.583. The summed E-state index contributed by atoms with van der Waals surface area (Å²) in [5.41, 5.74) is 2.59. The van der Waals surface area contributed by atoms with Gasteiger partial charge in [0.05, 0.1) is 6.20 Å². The number of hydrogen-bond donors (Lipinski definition) is 0. The van der Waals surface area contributed by atoms with E-state index in [0.717, 1.165) is 5.33 Å². The molecule has 0 N–H and O–H groups in total. The highest BCUT2D eigenvalue weighted by Crippen LogP contribution is 2.17. The van der Waals surface area contributed by atoms with E-state index in [1.54, 1.807) is 0 Å². The average molecular weight is 271 g/mol. The molecular weight excluding hydrogens is 252 g/mol. The van der Waals surface area contributed by atoms with Crippen LogP contribution in [0.15, 0.2) is 18.0 Å². The standard InChI is InChI=1S/C12H19BrN2/c1-9(2)12(6-13)5-11-7-14-15(8-11)10(3)4/h5,7-10H,6H2,1-4H3. The highest BCUT2D eigenvalue weighted by Gasteiger charge is 2.04. The molecule has 0 aromatic carbocycles. The van der Waals surface area contributed by atoms with E-state index in [2.05, 4.69) is 61.0 Å². The molecule has 0 aliphatic heterocycles. The topological polar surface area (TPSA) is 17.8 Å². The number of allylic oxidation sites excluding steroid dienone is 1. The molecule has 0 fully saturated rings. The summed E-state index contributed by atoms with van der Waals surface area (Å²) in [6.07, 6.45) is 6.23. The Morgan fingerprint density at radius 3 is 2.53 bits per heavy atom. The van der Waals surface area contributed by atoms with Crippen LogP contribution in [0, 0.1) is 5.92 Å². The van der Waals surface area contributed by atoms with Crippen LogP contribution < -0.4 is 0 Å². The van der Waals surface area contributed by atoms with Crippen molar-refractivity contribution in [2.75, 3.05) is 5.33 Å². The van der Waals surface area contributed by atoms with Crippen LogP contribution in [0.1, 0.15) is 39.3 Å². The lowest BCUT2D eigenvalue weighted by atomic mass is 10.0. The van der Waals surface area contributed by atoms with E-state index in [9.17, 15) is 0 Å². The second-order valence-corrected chi connectivity index (χ2v) is 4.92. The molecule has 0 atom stereocenters. The SMILES string of the molecule is CC(C)C(=Cc1cnn(C(C)C)c1)CBr. The van der Waals surface area contributed by atoms with E-state index < -0.39 is 0 Å². The Labute approximate surface area is 101 Å². The number of aromatic nitrogens is 2. The highest BCUT2D eigenvalue weighted by atomic mass is 79.9. The minimum atomic E-state index is 0.429. The summed E-state index contributed by atoms with van der Waals surface area (Å²) < 4.78 is 1.98. The smallest absolute Gasteiger partial charge is 0.0562 e. The summed E-state index contributed by atoms with van der Waals surface area (Å²) in [5.74, 6) is 0.576. The van der Waals surface area contributed by atoms with Gasteiger partial charge in [-0.25, -0.2) is 0 Å². The Morgan fingerprint density at radius 2 is 2.13 bits per heavy atom. The monoisotopic (exact) mass is 270 g/mol. The van der Waals surface area contributed by atoms with Gasteiger partial charge in [-0.15, -0.1) is 0 Å². The molecule has 0 saturated heterocycles. The second-order valence-electron chi connectivity index (χ2n) is 4.36. The zero-order valence-electron chi connectivity index (χ0n) is 9.87. The van der Waals surface area contributed by atoms with Gasteiger partial charge in [0.25, 0.3) is 0 Å². The normalized spacial score (nSPS) is 12.9. The molecule has 1 heterocycles. The quantitative estimate of drug-likeness (QED) is 0.759. The molecule has 0 saturated carbocycles. The summed E-state index contributed by atoms with van der Waals surface area (Å²) in [7, 11) is 0. The van der Waals surface area contributed by atoms with Crippen molar-refractivity contribution in [1.29, 1.82) is 0 Å². The van der Waals surface area contributed by atoms with Gasteiger partial charge >= 0.3 is 0 Å². The first kappa shape index (κ1) is 12.5. The van der Waals surface area contributed by atoms with Gasteiger partial charge in [-0.2, -0.15) is 5.10 Å². The molecule has 0 unspecified atom stereocenters. The van der Waals surface area contributed by atoms with Crippen molar-refractivity contribution in [3.05, 3.63) is 23.5 Å². The van der Waals surface area contributed by atoms with E-state index >= 15 is 0 Å². The van der Waals surface area contributed by atoms with Crippen molar-refractivity contribution in [3.8, 4) is 0 Å². The molecule has 1 aromatic heterocycles. The van der Waals surface area contributed by atoms with Crippen molar-refractivity contribution >= 4 is 22.0 Å². The van der Waals surface area contributed by atoms with Gasteiger partial charge in [0.1, 0.15) is 0 Å². The van der Waals surface area contributed by atoms with E-state index in [1.807, 2.05) is 10.9 Å². The average Bonchev–Trinajstić information content (AvgIpc) is 2.61. The van der Waals surface area contributed by atoms with Gasteiger partial charge in [-0.1, -0.05) is 41.4 Å². The van der Waals surface area contributed by atoms with E-state index in [4.69, 9.17) is 0 Å². The van der Waals surface area contributed by atoms with Crippen molar-refractivity contribution in [2.24, 2.45) is 5.92 Å². The lowest BCUT2D eigenvalue weighted by Gasteiger charge is -2.06. The molecule has 0 radical (unpaired) electrons. The van der Waals surface area contributed by atoms with Gasteiger partial charge in [0, 0.05) is 23.1 Å². The first-order valence-electron chi connectivity index (χ1n) is 5.35. The van der Waals surface area contributed by atoms with E-state index in [0.29, 0.717) is 12.0 Å². The fourth-order valence-electron chi connectivity index (χ4n) is 1.28. The van der Waals surface area contributed by atoms with Crippen molar-refractivity contribution in [2.45, 2.75) is 33.7 Å². The maximum atomic E-state index is 4.32. The summed E-state index contributed by atoms with van der Waals surface area (Å²) in [5, 5.41) is 5.25. The largest absolute Gasteiger partial charge is 0.270 e. The van der Waals surface area contributed by atoms with Gasteiger partial charge in [0.2, 0.25) is 0 Å². The number of rotatable bonds is 4. The highest BCUT2D eigenvalue weighted by molar-refractivity contribution is 9.09. The molecule has 0 spiro atoms. The van der Waals surface area contributed by atoms with Crippen LogP contribution in [0.25, 0.3) is 6.08 Å². The predicted molar refractivity (Wildman–Crippen MR) is 69.2 cm³/mol. The summed E-state index contributed by atoms with van der Waals surface area (Å²) in [6, 6.07) is 0.429. The Balaban J connectivity index is 2.87. The summed E-state index contributed by atoms with van der Waals surface area (Å²) in [4.78, 5) is 0. The second kappa shape index (κ2) is 5.50. The molecular formula is C12H19BrN2. The molecule has 3 heteroatoms. The minimum absolute atomic E-state index is 0.429. The van der Waals surface area contributed by atoms with Gasteiger partial charge in [0.15, 0.2) is 0 Å². The van der Waals surface area contributed by atoms with E-state index in [1.165, 1.54) is 11.1 Å². The third-order valence-electron chi connectivity index (χ3n) is 2.40. The number of alkyl halides is 1. The molecule has 2 nitrogen and oxygen atoms in total. The molecule has 1 aromatic rings.